The Morgan fingerprint density at radius 3 is 2.14 bits per heavy atom. The van der Waals surface area contributed by atoms with Crippen molar-refractivity contribution >= 4 is 5.78 Å². The first-order chi connectivity index (χ1) is 10.2. The van der Waals surface area contributed by atoms with Crippen LogP contribution in [0.4, 0.5) is 0 Å². The van der Waals surface area contributed by atoms with E-state index in [1.165, 1.54) is 70.6 Å². The van der Waals surface area contributed by atoms with E-state index in [2.05, 4.69) is 13.8 Å². The molecule has 122 valence electrons. The number of ketones is 1. The molecule has 0 radical (unpaired) electrons. The molecule has 2 rings (SSSR count). The van der Waals surface area contributed by atoms with E-state index < -0.39 is 0 Å². The van der Waals surface area contributed by atoms with Crippen molar-refractivity contribution in [2.75, 3.05) is 0 Å². The van der Waals surface area contributed by atoms with Gasteiger partial charge in [-0.05, 0) is 49.9 Å². The summed E-state index contributed by atoms with van der Waals surface area (Å²) in [7, 11) is 0. The lowest BCUT2D eigenvalue weighted by atomic mass is 9.68. The average Bonchev–Trinajstić information content (AvgIpc) is 2.50. The second-order valence-corrected chi connectivity index (χ2v) is 7.77. The first-order valence-electron chi connectivity index (χ1n) is 9.77. The largest absolute Gasteiger partial charge is 0.299 e. The number of Topliss-reactive ketones (excluding diaryl/α,β-unsaturated/α-hetero) is 1. The summed E-state index contributed by atoms with van der Waals surface area (Å²) in [5.41, 5.74) is 0. The van der Waals surface area contributed by atoms with Crippen molar-refractivity contribution in [1.29, 1.82) is 0 Å². The van der Waals surface area contributed by atoms with Crippen molar-refractivity contribution in [2.45, 2.75) is 97.3 Å². The van der Waals surface area contributed by atoms with Crippen molar-refractivity contribution in [3.05, 3.63) is 0 Å². The van der Waals surface area contributed by atoms with Crippen LogP contribution in [0, 0.1) is 23.7 Å². The van der Waals surface area contributed by atoms with Gasteiger partial charge < -0.3 is 0 Å². The molecule has 0 saturated heterocycles. The Morgan fingerprint density at radius 2 is 1.52 bits per heavy atom. The summed E-state index contributed by atoms with van der Waals surface area (Å²) in [5.74, 6) is 3.62. The van der Waals surface area contributed by atoms with Gasteiger partial charge in [-0.15, -0.1) is 0 Å². The maximum absolute atomic E-state index is 12.3. The van der Waals surface area contributed by atoms with Crippen molar-refractivity contribution in [2.24, 2.45) is 23.7 Å². The van der Waals surface area contributed by atoms with E-state index in [1.807, 2.05) is 0 Å². The Hall–Kier alpha value is -0.330. The van der Waals surface area contributed by atoms with Gasteiger partial charge in [0.05, 0.1) is 0 Å². The van der Waals surface area contributed by atoms with E-state index in [1.54, 1.807) is 0 Å². The molecule has 0 aromatic carbocycles. The molecule has 1 nitrogen and oxygen atoms in total. The first kappa shape index (κ1) is 17.0. The van der Waals surface area contributed by atoms with Crippen LogP contribution in [0.5, 0.6) is 0 Å². The Morgan fingerprint density at radius 1 is 0.810 bits per heavy atom. The third-order valence-electron chi connectivity index (χ3n) is 6.22. The predicted molar refractivity (Wildman–Crippen MR) is 90.3 cm³/mol. The predicted octanol–water partition coefficient (Wildman–Crippen LogP) is 6.16. The summed E-state index contributed by atoms with van der Waals surface area (Å²) in [4.78, 5) is 12.3. The third kappa shape index (κ3) is 5.11. The Labute approximate surface area is 132 Å². The lowest BCUT2D eigenvalue weighted by Crippen LogP contribution is -2.31. The molecule has 1 heteroatoms. The molecule has 0 aliphatic heterocycles. The fourth-order valence-electron chi connectivity index (χ4n) is 4.79. The van der Waals surface area contributed by atoms with Crippen LogP contribution in [0.3, 0.4) is 0 Å². The van der Waals surface area contributed by atoms with Crippen molar-refractivity contribution < 1.29 is 4.79 Å². The van der Waals surface area contributed by atoms with E-state index in [0.29, 0.717) is 11.7 Å². The molecule has 0 bridgehead atoms. The second-order valence-electron chi connectivity index (χ2n) is 7.77. The maximum atomic E-state index is 12.3. The molecule has 0 aromatic rings. The number of carbonyl (C=O) groups is 1. The molecule has 2 aliphatic rings. The molecule has 0 N–H and O–H groups in total. The van der Waals surface area contributed by atoms with E-state index in [0.717, 1.165) is 30.6 Å². The maximum Gasteiger partial charge on any atom is 0.136 e. The molecule has 2 fully saturated rings. The van der Waals surface area contributed by atoms with Crippen LogP contribution in [0.25, 0.3) is 0 Å². The van der Waals surface area contributed by atoms with Crippen molar-refractivity contribution in [3.8, 4) is 0 Å². The molecule has 2 atom stereocenters. The molecule has 2 aliphatic carbocycles. The Balaban J connectivity index is 1.69. The van der Waals surface area contributed by atoms with Gasteiger partial charge in [0.25, 0.3) is 0 Å². The lowest BCUT2D eigenvalue weighted by Gasteiger charge is -2.37. The lowest BCUT2D eigenvalue weighted by molar-refractivity contribution is -0.127. The topological polar surface area (TPSA) is 17.1 Å². The minimum absolute atomic E-state index is 0.414. The first-order valence-corrected chi connectivity index (χ1v) is 9.77. The third-order valence-corrected chi connectivity index (χ3v) is 6.22. The highest BCUT2D eigenvalue weighted by Gasteiger charge is 2.34. The molecule has 21 heavy (non-hydrogen) atoms. The second kappa shape index (κ2) is 8.96. The van der Waals surface area contributed by atoms with Gasteiger partial charge in [0.15, 0.2) is 0 Å². The molecule has 2 saturated carbocycles. The van der Waals surface area contributed by atoms with E-state index in [9.17, 15) is 4.79 Å². The zero-order valence-corrected chi connectivity index (χ0v) is 14.4. The highest BCUT2D eigenvalue weighted by atomic mass is 16.1. The van der Waals surface area contributed by atoms with Crippen molar-refractivity contribution in [1.82, 2.24) is 0 Å². The summed E-state index contributed by atoms with van der Waals surface area (Å²) < 4.78 is 0. The molecule has 2 unspecified atom stereocenters. The molecule has 0 heterocycles. The van der Waals surface area contributed by atoms with E-state index in [-0.39, 0.29) is 0 Å². The Bertz CT molecular complexity index is 301. The van der Waals surface area contributed by atoms with Gasteiger partial charge in [-0.2, -0.15) is 0 Å². The van der Waals surface area contributed by atoms with Gasteiger partial charge in [-0.3, -0.25) is 4.79 Å². The zero-order chi connectivity index (χ0) is 15.1. The average molecular weight is 293 g/mol. The summed E-state index contributed by atoms with van der Waals surface area (Å²) in [6.07, 6.45) is 17.1. The van der Waals surface area contributed by atoms with Crippen LogP contribution in [-0.4, -0.2) is 5.78 Å². The standard InChI is InChI=1S/C20H36O/c1-3-5-6-8-16-9-11-17(12-10-16)19-14-13-18(7-4-2)20(21)15-19/h16-19H,3-15H2,1-2H3. The van der Waals surface area contributed by atoms with E-state index >= 15 is 0 Å². The minimum Gasteiger partial charge on any atom is -0.299 e. The van der Waals surface area contributed by atoms with Crippen LogP contribution >= 0.6 is 0 Å². The van der Waals surface area contributed by atoms with Gasteiger partial charge in [-0.1, -0.05) is 58.8 Å². The van der Waals surface area contributed by atoms with Gasteiger partial charge in [-0.25, -0.2) is 0 Å². The fraction of sp³-hybridized carbons (Fsp3) is 0.950. The van der Waals surface area contributed by atoms with Crippen LogP contribution < -0.4 is 0 Å². The fourth-order valence-corrected chi connectivity index (χ4v) is 4.79. The van der Waals surface area contributed by atoms with Gasteiger partial charge in [0, 0.05) is 12.3 Å². The molecule has 0 spiro atoms. The van der Waals surface area contributed by atoms with Gasteiger partial charge >= 0.3 is 0 Å². The summed E-state index contributed by atoms with van der Waals surface area (Å²) >= 11 is 0. The van der Waals surface area contributed by atoms with E-state index in [4.69, 9.17) is 0 Å². The molecule has 0 amide bonds. The minimum atomic E-state index is 0.414. The van der Waals surface area contributed by atoms with Crippen molar-refractivity contribution in [3.63, 3.8) is 0 Å². The SMILES string of the molecule is CCCCCC1CCC(C2CCC(CCC)C(=O)C2)CC1. The summed E-state index contributed by atoms with van der Waals surface area (Å²) in [5, 5.41) is 0. The molecular formula is C20H36O. The summed E-state index contributed by atoms with van der Waals surface area (Å²) in [6.45, 7) is 4.50. The Kier molecular flexibility index (Phi) is 7.26. The number of hydrogen-bond donors (Lipinski definition) is 0. The quantitative estimate of drug-likeness (QED) is 0.514. The summed E-state index contributed by atoms with van der Waals surface area (Å²) in [6, 6.07) is 0. The number of carbonyl (C=O) groups excluding carboxylic acids is 1. The van der Waals surface area contributed by atoms with Crippen LogP contribution in [-0.2, 0) is 4.79 Å². The van der Waals surface area contributed by atoms with Crippen LogP contribution in [0.1, 0.15) is 97.3 Å². The number of rotatable bonds is 7. The number of hydrogen-bond acceptors (Lipinski definition) is 1. The van der Waals surface area contributed by atoms with Gasteiger partial charge in [0.2, 0.25) is 0 Å². The number of unbranched alkanes of at least 4 members (excludes halogenated alkanes) is 2. The van der Waals surface area contributed by atoms with Crippen LogP contribution in [0.15, 0.2) is 0 Å². The normalized spacial score (nSPS) is 34.1. The molecule has 0 aromatic heterocycles. The highest BCUT2D eigenvalue weighted by molar-refractivity contribution is 5.81. The smallest absolute Gasteiger partial charge is 0.136 e. The monoisotopic (exact) mass is 292 g/mol. The molecular weight excluding hydrogens is 256 g/mol. The zero-order valence-electron chi connectivity index (χ0n) is 14.4. The van der Waals surface area contributed by atoms with Gasteiger partial charge in [0.1, 0.15) is 5.78 Å². The van der Waals surface area contributed by atoms with Crippen LogP contribution in [0.2, 0.25) is 0 Å². The highest BCUT2D eigenvalue weighted by Crippen LogP contribution is 2.41.